The number of H-pyrrole nitrogens is 1. The number of carbonyl (C=O) groups is 1. The molecule has 2 heterocycles. The molecule has 0 radical (unpaired) electrons. The molecule has 2 N–H and O–H groups in total. The van der Waals surface area contributed by atoms with Crippen LogP contribution in [0.2, 0.25) is 0 Å². The summed E-state index contributed by atoms with van der Waals surface area (Å²) in [5.74, 6) is -1.07. The Kier molecular flexibility index (Phi) is 3.95. The number of halogens is 1. The molecule has 1 aliphatic heterocycles. The number of rotatable bonds is 4. The van der Waals surface area contributed by atoms with E-state index in [1.807, 2.05) is 0 Å². The number of sulfonamides is 1. The van der Waals surface area contributed by atoms with Gasteiger partial charge in [-0.3, -0.25) is 4.79 Å². The van der Waals surface area contributed by atoms with E-state index in [1.54, 1.807) is 18.3 Å². The first-order chi connectivity index (χ1) is 10.9. The van der Waals surface area contributed by atoms with E-state index in [1.165, 1.54) is 13.1 Å². The Morgan fingerprint density at radius 3 is 2.78 bits per heavy atom. The van der Waals surface area contributed by atoms with E-state index in [-0.39, 0.29) is 23.8 Å². The number of hydrogen-bond acceptors (Lipinski definition) is 3. The number of fused-ring (bicyclic) bond motifs is 1. The standard InChI is InChI=1S/C15H16FN3O3S/c1-19(9-11-3-2-6-17-11)23(21,22)14-7-10-4-5-15(20)18-13(10)8-12(14)16/h2-3,6-8,17H,4-5,9H2,1H3,(H,18,20). The van der Waals surface area contributed by atoms with E-state index in [0.29, 0.717) is 23.4 Å². The minimum atomic E-state index is -3.97. The minimum absolute atomic E-state index is 0.114. The summed E-state index contributed by atoms with van der Waals surface area (Å²) in [7, 11) is -2.57. The van der Waals surface area contributed by atoms with E-state index >= 15 is 0 Å². The van der Waals surface area contributed by atoms with Gasteiger partial charge in [-0.2, -0.15) is 4.31 Å². The SMILES string of the molecule is CN(Cc1ccc[nH]1)S(=O)(=O)c1cc2c(cc1F)NC(=O)CC2. The summed E-state index contributed by atoms with van der Waals surface area (Å²) in [5.41, 5.74) is 1.67. The molecule has 1 aromatic carbocycles. The molecule has 8 heteroatoms. The van der Waals surface area contributed by atoms with Gasteiger partial charge >= 0.3 is 0 Å². The molecule has 0 aliphatic carbocycles. The molecule has 3 rings (SSSR count). The van der Waals surface area contributed by atoms with Crippen molar-refractivity contribution < 1.29 is 17.6 Å². The fraction of sp³-hybridized carbons (Fsp3) is 0.267. The molecule has 0 bridgehead atoms. The van der Waals surface area contributed by atoms with Gasteiger partial charge in [0.1, 0.15) is 10.7 Å². The zero-order valence-electron chi connectivity index (χ0n) is 12.5. The van der Waals surface area contributed by atoms with Gasteiger partial charge in [0.25, 0.3) is 0 Å². The molecule has 2 aromatic rings. The monoisotopic (exact) mass is 337 g/mol. The van der Waals surface area contributed by atoms with Crippen molar-refractivity contribution in [1.29, 1.82) is 0 Å². The van der Waals surface area contributed by atoms with Crippen molar-refractivity contribution in [2.24, 2.45) is 0 Å². The van der Waals surface area contributed by atoms with Crippen LogP contribution in [0.1, 0.15) is 17.7 Å². The number of nitrogens with one attached hydrogen (secondary N) is 2. The normalized spacial score (nSPS) is 14.7. The highest BCUT2D eigenvalue weighted by Crippen LogP contribution is 2.29. The second-order valence-electron chi connectivity index (χ2n) is 5.44. The lowest BCUT2D eigenvalue weighted by molar-refractivity contribution is -0.116. The zero-order chi connectivity index (χ0) is 16.6. The lowest BCUT2D eigenvalue weighted by atomic mass is 10.0. The average Bonchev–Trinajstić information content (AvgIpc) is 2.99. The van der Waals surface area contributed by atoms with Crippen molar-refractivity contribution in [3.63, 3.8) is 0 Å². The number of nitrogens with zero attached hydrogens (tertiary/aromatic N) is 1. The number of carbonyl (C=O) groups excluding carboxylic acids is 1. The van der Waals surface area contributed by atoms with Crippen LogP contribution in [-0.2, 0) is 27.8 Å². The van der Waals surface area contributed by atoms with E-state index in [4.69, 9.17) is 0 Å². The molecule has 0 saturated carbocycles. The number of aryl methyl sites for hydroxylation is 1. The Morgan fingerprint density at radius 1 is 1.30 bits per heavy atom. The molecule has 0 fully saturated rings. The summed E-state index contributed by atoms with van der Waals surface area (Å²) in [6.45, 7) is 0.114. The van der Waals surface area contributed by atoms with Crippen LogP contribution in [0.5, 0.6) is 0 Å². The molecular formula is C15H16FN3O3S. The lowest BCUT2D eigenvalue weighted by Gasteiger charge is -2.21. The topological polar surface area (TPSA) is 82.3 Å². The second kappa shape index (κ2) is 5.78. The van der Waals surface area contributed by atoms with Crippen molar-refractivity contribution >= 4 is 21.6 Å². The molecule has 1 aliphatic rings. The molecule has 0 unspecified atom stereocenters. The number of amides is 1. The maximum atomic E-state index is 14.3. The Labute approximate surface area is 133 Å². The lowest BCUT2D eigenvalue weighted by Crippen LogP contribution is -2.28. The highest BCUT2D eigenvalue weighted by Gasteiger charge is 2.28. The van der Waals surface area contributed by atoms with Gasteiger partial charge in [-0.25, -0.2) is 12.8 Å². The van der Waals surface area contributed by atoms with E-state index in [2.05, 4.69) is 10.3 Å². The van der Waals surface area contributed by atoms with Crippen LogP contribution in [0.4, 0.5) is 10.1 Å². The minimum Gasteiger partial charge on any atom is -0.364 e. The van der Waals surface area contributed by atoms with Crippen LogP contribution in [0.15, 0.2) is 35.4 Å². The highest BCUT2D eigenvalue weighted by atomic mass is 32.2. The van der Waals surface area contributed by atoms with Crippen LogP contribution < -0.4 is 5.32 Å². The van der Waals surface area contributed by atoms with E-state index < -0.39 is 15.8 Å². The fourth-order valence-electron chi connectivity index (χ4n) is 2.54. The Balaban J connectivity index is 1.95. The van der Waals surface area contributed by atoms with E-state index in [9.17, 15) is 17.6 Å². The molecular weight excluding hydrogens is 321 g/mol. The van der Waals surface area contributed by atoms with Crippen LogP contribution in [0.3, 0.4) is 0 Å². The maximum absolute atomic E-state index is 14.3. The second-order valence-corrected chi connectivity index (χ2v) is 7.46. The van der Waals surface area contributed by atoms with Crippen LogP contribution >= 0.6 is 0 Å². The number of anilines is 1. The number of aromatic nitrogens is 1. The third-order valence-corrected chi connectivity index (χ3v) is 5.62. The van der Waals surface area contributed by atoms with Gasteiger partial charge in [-0.05, 0) is 36.2 Å². The van der Waals surface area contributed by atoms with E-state index in [0.717, 1.165) is 10.4 Å². The quantitative estimate of drug-likeness (QED) is 0.893. The molecule has 1 amide bonds. The predicted molar refractivity (Wildman–Crippen MR) is 82.8 cm³/mol. The first-order valence-corrected chi connectivity index (χ1v) is 8.53. The van der Waals surface area contributed by atoms with Crippen molar-refractivity contribution in [3.05, 3.63) is 47.5 Å². The summed E-state index contributed by atoms with van der Waals surface area (Å²) < 4.78 is 40.6. The molecule has 0 saturated heterocycles. The molecule has 6 nitrogen and oxygen atoms in total. The predicted octanol–water partition coefficient (Wildman–Crippen LogP) is 1.86. The molecule has 122 valence electrons. The average molecular weight is 337 g/mol. The van der Waals surface area contributed by atoms with Gasteiger partial charge in [-0.1, -0.05) is 0 Å². The fourth-order valence-corrected chi connectivity index (χ4v) is 3.78. The first-order valence-electron chi connectivity index (χ1n) is 7.09. The third-order valence-electron chi connectivity index (χ3n) is 3.80. The first kappa shape index (κ1) is 15.7. The zero-order valence-corrected chi connectivity index (χ0v) is 13.3. The molecule has 0 atom stereocenters. The summed E-state index contributed by atoms with van der Waals surface area (Å²) in [6.07, 6.45) is 2.35. The number of hydrogen-bond donors (Lipinski definition) is 2. The van der Waals surface area contributed by atoms with Crippen LogP contribution in [0, 0.1) is 5.82 Å². The van der Waals surface area contributed by atoms with Crippen molar-refractivity contribution in [2.45, 2.75) is 24.3 Å². The van der Waals surface area contributed by atoms with Crippen molar-refractivity contribution in [1.82, 2.24) is 9.29 Å². The summed E-state index contributed by atoms with van der Waals surface area (Å²) >= 11 is 0. The highest BCUT2D eigenvalue weighted by molar-refractivity contribution is 7.89. The number of aromatic amines is 1. The van der Waals surface area contributed by atoms with Gasteiger partial charge in [0.15, 0.2) is 0 Å². The molecule has 23 heavy (non-hydrogen) atoms. The smallest absolute Gasteiger partial charge is 0.246 e. The summed E-state index contributed by atoms with van der Waals surface area (Å²) in [4.78, 5) is 13.9. The van der Waals surface area contributed by atoms with Gasteiger partial charge in [0.2, 0.25) is 15.9 Å². The molecule has 0 spiro atoms. The Bertz CT molecular complexity index is 847. The van der Waals surface area contributed by atoms with Crippen LogP contribution in [-0.4, -0.2) is 30.7 Å². The summed E-state index contributed by atoms with van der Waals surface area (Å²) in [6, 6.07) is 5.90. The van der Waals surface area contributed by atoms with Crippen molar-refractivity contribution in [2.75, 3.05) is 12.4 Å². The van der Waals surface area contributed by atoms with Gasteiger partial charge < -0.3 is 10.3 Å². The Morgan fingerprint density at radius 2 is 2.09 bits per heavy atom. The van der Waals surface area contributed by atoms with Gasteiger partial charge in [0, 0.05) is 31.0 Å². The number of benzene rings is 1. The molecule has 1 aromatic heterocycles. The van der Waals surface area contributed by atoms with Gasteiger partial charge in [0.05, 0.1) is 6.54 Å². The largest absolute Gasteiger partial charge is 0.364 e. The third kappa shape index (κ3) is 2.99. The Hall–Kier alpha value is -2.19. The van der Waals surface area contributed by atoms with Crippen LogP contribution in [0.25, 0.3) is 0 Å². The maximum Gasteiger partial charge on any atom is 0.246 e. The van der Waals surface area contributed by atoms with Gasteiger partial charge in [-0.15, -0.1) is 0 Å². The summed E-state index contributed by atoms with van der Waals surface area (Å²) in [5, 5.41) is 2.55. The van der Waals surface area contributed by atoms with Crippen molar-refractivity contribution in [3.8, 4) is 0 Å².